The third-order valence-corrected chi connectivity index (χ3v) is 6.38. The molecule has 0 radical (unpaired) electrons. The van der Waals surface area contributed by atoms with Crippen LogP contribution in [0.15, 0.2) is 24.5 Å². The number of hydrogen-bond acceptors (Lipinski definition) is 9. The van der Waals surface area contributed by atoms with Crippen LogP contribution in [0.1, 0.15) is 36.9 Å². The number of carboxylic acid groups (broad SMARTS) is 1. The molecule has 0 fully saturated rings. The second-order valence-corrected chi connectivity index (χ2v) is 9.63. The van der Waals surface area contributed by atoms with Gasteiger partial charge in [-0.25, -0.2) is 24.1 Å². The predicted molar refractivity (Wildman–Crippen MR) is 143 cm³/mol. The van der Waals surface area contributed by atoms with Gasteiger partial charge in [0.2, 0.25) is 0 Å². The summed E-state index contributed by atoms with van der Waals surface area (Å²) in [5, 5.41) is 16.1. The van der Waals surface area contributed by atoms with Crippen molar-refractivity contribution in [1.29, 1.82) is 0 Å². The minimum absolute atomic E-state index is 0.0113. The van der Waals surface area contributed by atoms with Crippen LogP contribution in [-0.2, 0) is 22.4 Å². The number of pyridine rings is 1. The van der Waals surface area contributed by atoms with Crippen LogP contribution in [-0.4, -0.2) is 97.1 Å². The van der Waals surface area contributed by atoms with Crippen molar-refractivity contribution in [2.75, 3.05) is 69.5 Å². The molecule has 0 spiro atoms. The number of halogens is 1. The van der Waals surface area contributed by atoms with Crippen molar-refractivity contribution in [3.8, 4) is 0 Å². The van der Waals surface area contributed by atoms with Crippen molar-refractivity contribution >= 4 is 23.4 Å². The first-order valence-electron chi connectivity index (χ1n) is 12.9. The maximum Gasteiger partial charge on any atom is 0.326 e. The molecule has 2 aromatic rings. The number of anilines is 3. The fraction of sp³-hybridized carbons (Fsp3) is 0.615. The van der Waals surface area contributed by atoms with Crippen LogP contribution in [0, 0.1) is 0 Å². The molecule has 1 aliphatic rings. The molecule has 0 aromatic carbocycles. The Kier molecular flexibility index (Phi) is 11.3. The topological polar surface area (TPSA) is 116 Å². The molecule has 1 aliphatic heterocycles. The van der Waals surface area contributed by atoms with E-state index >= 15 is 0 Å². The highest BCUT2D eigenvalue weighted by atomic mass is 19.1. The Balaban J connectivity index is 1.53. The number of methoxy groups -OCH3 is 1. The van der Waals surface area contributed by atoms with Crippen LogP contribution < -0.4 is 15.5 Å². The van der Waals surface area contributed by atoms with Gasteiger partial charge in [-0.05, 0) is 56.7 Å². The summed E-state index contributed by atoms with van der Waals surface area (Å²) in [7, 11) is 5.18. The molecular weight excluding hydrogens is 477 g/mol. The van der Waals surface area contributed by atoms with Crippen molar-refractivity contribution in [3.05, 3.63) is 35.8 Å². The van der Waals surface area contributed by atoms with Gasteiger partial charge in [0.15, 0.2) is 0 Å². The standard InChI is InChI=1S/C26H40FN7O3/c1-33(2)24-15-23(29-18-30-24)32-22(26(35)36)11-14-34(16-20(27)17-37-3)13-5-4-8-21-10-9-19-7-6-12-28-25(19)31-21/h9-10,15,18,20,22H,4-8,11-14,16-17H2,1-3H3,(H,28,31)(H,35,36)(H,29,30,32). The first-order chi connectivity index (χ1) is 17.9. The van der Waals surface area contributed by atoms with Crippen molar-refractivity contribution in [3.63, 3.8) is 0 Å². The van der Waals surface area contributed by atoms with Crippen LogP contribution in [0.2, 0.25) is 0 Å². The van der Waals surface area contributed by atoms with Gasteiger partial charge in [0.1, 0.15) is 36.0 Å². The number of aliphatic carboxylic acids is 1. The number of carbonyl (C=O) groups is 1. The molecule has 0 saturated heterocycles. The van der Waals surface area contributed by atoms with Gasteiger partial charge >= 0.3 is 5.97 Å². The number of rotatable bonds is 16. The number of unbranched alkanes of at least 4 members (excludes halogenated alkanes) is 1. The van der Waals surface area contributed by atoms with Crippen LogP contribution in [0.5, 0.6) is 0 Å². The Morgan fingerprint density at radius 1 is 1.27 bits per heavy atom. The SMILES string of the molecule is COCC(F)CN(CCCCc1ccc2c(n1)NCCC2)CCC(Nc1cc(N(C)C)ncn1)C(=O)O. The lowest BCUT2D eigenvalue weighted by atomic mass is 10.1. The molecule has 3 rings (SSSR count). The van der Waals surface area contributed by atoms with Crippen molar-refractivity contribution in [2.24, 2.45) is 0 Å². The van der Waals surface area contributed by atoms with E-state index in [9.17, 15) is 14.3 Å². The van der Waals surface area contributed by atoms with E-state index in [1.165, 1.54) is 19.0 Å². The zero-order valence-electron chi connectivity index (χ0n) is 22.1. The Labute approximate surface area is 218 Å². The van der Waals surface area contributed by atoms with Crippen LogP contribution in [0.3, 0.4) is 0 Å². The summed E-state index contributed by atoms with van der Waals surface area (Å²) in [6, 6.07) is 5.10. The number of aryl methyl sites for hydroxylation is 2. The third-order valence-electron chi connectivity index (χ3n) is 6.38. The van der Waals surface area contributed by atoms with Crippen LogP contribution in [0.25, 0.3) is 0 Å². The van der Waals surface area contributed by atoms with Crippen molar-refractivity contribution in [1.82, 2.24) is 19.9 Å². The summed E-state index contributed by atoms with van der Waals surface area (Å²) in [6.45, 7) is 2.26. The lowest BCUT2D eigenvalue weighted by Crippen LogP contribution is -2.38. The van der Waals surface area contributed by atoms with Crippen LogP contribution in [0.4, 0.5) is 21.8 Å². The van der Waals surface area contributed by atoms with Gasteiger partial charge in [0.05, 0.1) is 6.61 Å². The summed E-state index contributed by atoms with van der Waals surface area (Å²) in [5.41, 5.74) is 2.33. The molecule has 0 saturated carbocycles. The van der Waals surface area contributed by atoms with E-state index in [0.717, 1.165) is 50.2 Å². The zero-order chi connectivity index (χ0) is 26.6. The normalized spacial score (nSPS) is 14.5. The van der Waals surface area contributed by atoms with E-state index in [1.807, 2.05) is 23.9 Å². The summed E-state index contributed by atoms with van der Waals surface area (Å²) in [4.78, 5) is 28.8. The number of aromatic nitrogens is 3. The molecular formula is C26H40FN7O3. The quantitative estimate of drug-likeness (QED) is 0.287. The minimum Gasteiger partial charge on any atom is -0.480 e. The lowest BCUT2D eigenvalue weighted by molar-refractivity contribution is -0.138. The van der Waals surface area contributed by atoms with Crippen molar-refractivity contribution < 1.29 is 19.0 Å². The van der Waals surface area contributed by atoms with Gasteiger partial charge in [-0.2, -0.15) is 0 Å². The number of ether oxygens (including phenoxy) is 1. The molecule has 2 unspecified atom stereocenters. The van der Waals surface area contributed by atoms with Gasteiger partial charge in [-0.3, -0.25) is 0 Å². The van der Waals surface area contributed by atoms with E-state index in [-0.39, 0.29) is 13.2 Å². The number of fused-ring (bicyclic) bond motifs is 1. The maximum absolute atomic E-state index is 14.4. The Morgan fingerprint density at radius 3 is 2.86 bits per heavy atom. The second kappa shape index (κ2) is 14.6. The highest BCUT2D eigenvalue weighted by molar-refractivity contribution is 5.77. The smallest absolute Gasteiger partial charge is 0.326 e. The monoisotopic (exact) mass is 517 g/mol. The molecule has 3 N–H and O–H groups in total. The number of nitrogens with zero attached hydrogens (tertiary/aromatic N) is 5. The molecule has 2 atom stereocenters. The number of hydrogen-bond donors (Lipinski definition) is 3. The first-order valence-corrected chi connectivity index (χ1v) is 12.9. The first kappa shape index (κ1) is 28.5. The summed E-state index contributed by atoms with van der Waals surface area (Å²) in [5.74, 6) is 1.13. The van der Waals surface area contributed by atoms with Gasteiger partial charge in [-0.1, -0.05) is 6.07 Å². The molecule has 3 heterocycles. The average molecular weight is 518 g/mol. The van der Waals surface area contributed by atoms with Crippen molar-refractivity contribution in [2.45, 2.75) is 50.7 Å². The van der Waals surface area contributed by atoms with E-state index in [2.05, 4.69) is 32.7 Å². The van der Waals surface area contributed by atoms with E-state index < -0.39 is 18.2 Å². The van der Waals surface area contributed by atoms with Gasteiger partial charge in [0.25, 0.3) is 0 Å². The third kappa shape index (κ3) is 9.40. The number of nitrogens with one attached hydrogen (secondary N) is 2. The maximum atomic E-state index is 14.4. The summed E-state index contributed by atoms with van der Waals surface area (Å²) < 4.78 is 19.4. The zero-order valence-corrected chi connectivity index (χ0v) is 22.1. The largest absolute Gasteiger partial charge is 0.480 e. The Morgan fingerprint density at radius 2 is 2.11 bits per heavy atom. The molecule has 10 nitrogen and oxygen atoms in total. The lowest BCUT2D eigenvalue weighted by Gasteiger charge is -2.26. The molecule has 0 aliphatic carbocycles. The Hall–Kier alpha value is -3.05. The fourth-order valence-electron chi connectivity index (χ4n) is 4.38. The summed E-state index contributed by atoms with van der Waals surface area (Å²) in [6.07, 6.45) is 5.38. The second-order valence-electron chi connectivity index (χ2n) is 9.63. The van der Waals surface area contributed by atoms with Gasteiger partial charge < -0.3 is 30.3 Å². The number of carboxylic acids is 1. The number of alkyl halides is 1. The highest BCUT2D eigenvalue weighted by Gasteiger charge is 2.21. The summed E-state index contributed by atoms with van der Waals surface area (Å²) >= 11 is 0. The highest BCUT2D eigenvalue weighted by Crippen LogP contribution is 2.20. The van der Waals surface area contributed by atoms with E-state index in [0.29, 0.717) is 31.1 Å². The van der Waals surface area contributed by atoms with E-state index in [4.69, 9.17) is 9.72 Å². The van der Waals surface area contributed by atoms with Crippen LogP contribution >= 0.6 is 0 Å². The molecule has 0 amide bonds. The Bertz CT molecular complexity index is 994. The van der Waals surface area contributed by atoms with Gasteiger partial charge in [-0.15, -0.1) is 0 Å². The van der Waals surface area contributed by atoms with E-state index in [1.54, 1.807) is 6.07 Å². The molecule has 204 valence electrons. The molecule has 0 bridgehead atoms. The fourth-order valence-corrected chi connectivity index (χ4v) is 4.38. The predicted octanol–water partition coefficient (Wildman–Crippen LogP) is 2.86. The molecule has 11 heteroatoms. The van der Waals surface area contributed by atoms with Gasteiger partial charge in [0, 0.05) is 52.6 Å². The molecule has 37 heavy (non-hydrogen) atoms. The molecule has 2 aromatic heterocycles. The minimum atomic E-state index is -1.14. The average Bonchev–Trinajstić information content (AvgIpc) is 2.88.